The molecular weight excluding hydrogens is 489 g/mol. The van der Waals surface area contributed by atoms with E-state index in [0.29, 0.717) is 6.61 Å². The molecule has 0 amide bonds. The second-order valence-corrected chi connectivity index (χ2v) is 11.0. The molecule has 0 aromatic heterocycles. The number of ether oxygens (including phenoxy) is 2. The zero-order chi connectivity index (χ0) is 27.1. The lowest BCUT2D eigenvalue weighted by atomic mass is 10.0. The van der Waals surface area contributed by atoms with Crippen molar-refractivity contribution in [2.24, 2.45) is 0 Å². The van der Waals surface area contributed by atoms with Crippen molar-refractivity contribution in [2.45, 2.75) is 103 Å². The van der Waals surface area contributed by atoms with Gasteiger partial charge in [0.2, 0.25) is 0 Å². The Balaban J connectivity index is 2.27. The Hall–Kier alpha value is -1.24. The maximum atomic E-state index is 11.5. The summed E-state index contributed by atoms with van der Waals surface area (Å²) < 4.78 is 21.9. The molecule has 2 atom stereocenters. The van der Waals surface area contributed by atoms with Crippen LogP contribution in [-0.2, 0) is 25.0 Å². The smallest absolute Gasteiger partial charge is 0.329 e. The van der Waals surface area contributed by atoms with Gasteiger partial charge in [-0.3, -0.25) is 4.79 Å². The highest BCUT2D eigenvalue weighted by Crippen LogP contribution is 2.33. The van der Waals surface area contributed by atoms with Crippen LogP contribution in [0.1, 0.15) is 96.5 Å². The molecule has 0 aliphatic carbocycles. The number of benzene rings is 1. The highest BCUT2D eigenvalue weighted by atomic mass is 31.2. The van der Waals surface area contributed by atoms with E-state index in [0.717, 1.165) is 25.1 Å². The molecule has 0 saturated carbocycles. The normalized spacial score (nSPS) is 13.0. The highest BCUT2D eigenvalue weighted by Gasteiger charge is 2.17. The molecule has 8 heteroatoms. The average Bonchev–Trinajstić information content (AvgIpc) is 2.86. The molecule has 7 nitrogen and oxygen atoms in total. The summed E-state index contributed by atoms with van der Waals surface area (Å²) in [7, 11) is 1.94. The summed E-state index contributed by atoms with van der Waals surface area (Å²) in [6, 6.07) is 8.08. The van der Waals surface area contributed by atoms with Gasteiger partial charge in [0.25, 0.3) is 0 Å². The van der Waals surface area contributed by atoms with Crippen LogP contribution in [0.3, 0.4) is 0 Å². The topological polar surface area (TPSA) is 77.5 Å². The molecule has 1 aromatic carbocycles. The second kappa shape index (κ2) is 22.7. The number of aryl methyl sites for hydroxylation is 1. The SMILES string of the molecule is CCCCCCCCCCCCCc1cccc(OCC(COP(O)OCCCN(C)C)OC(C)=O)c1. The summed E-state index contributed by atoms with van der Waals surface area (Å²) in [6.45, 7) is 5.04. The minimum atomic E-state index is -2.02. The first kappa shape index (κ1) is 33.8. The van der Waals surface area contributed by atoms with Crippen molar-refractivity contribution in [1.29, 1.82) is 0 Å². The quantitative estimate of drug-likeness (QED) is 0.0853. The van der Waals surface area contributed by atoms with E-state index in [1.54, 1.807) is 0 Å². The molecule has 2 unspecified atom stereocenters. The number of hydrogen-bond donors (Lipinski definition) is 1. The minimum absolute atomic E-state index is 0.00783. The molecule has 0 aliphatic heterocycles. The van der Waals surface area contributed by atoms with Gasteiger partial charge in [-0.05, 0) is 57.6 Å². The van der Waals surface area contributed by atoms with E-state index in [-0.39, 0.29) is 13.2 Å². The third-order valence-corrected chi connectivity index (χ3v) is 6.83. The fourth-order valence-corrected chi connectivity index (χ4v) is 4.69. The van der Waals surface area contributed by atoms with E-state index in [9.17, 15) is 9.69 Å². The summed E-state index contributed by atoms with van der Waals surface area (Å²) in [5, 5.41) is 0. The Kier molecular flexibility index (Phi) is 20.7. The van der Waals surface area contributed by atoms with Crippen molar-refractivity contribution in [3.8, 4) is 5.75 Å². The summed E-state index contributed by atoms with van der Waals surface area (Å²) in [5.41, 5.74) is 1.25. The third-order valence-electron chi connectivity index (χ3n) is 6.06. The lowest BCUT2D eigenvalue weighted by Gasteiger charge is -2.19. The number of esters is 1. The Labute approximate surface area is 227 Å². The largest absolute Gasteiger partial charge is 0.490 e. The average molecular weight is 542 g/mol. The van der Waals surface area contributed by atoms with Crippen LogP contribution in [0.5, 0.6) is 5.75 Å². The standard InChI is InChI=1S/C29H52NO6P/c1-5-6-7-8-9-10-11-12-13-14-15-18-27-19-16-20-28(23-27)33-24-29(36-26(2)31)25-35-37(32)34-22-17-21-30(3)4/h16,19-20,23,29,32H,5-15,17-18,21-22,24-25H2,1-4H3. The van der Waals surface area contributed by atoms with Crippen molar-refractivity contribution in [2.75, 3.05) is 40.5 Å². The zero-order valence-corrected chi connectivity index (χ0v) is 24.7. The maximum Gasteiger partial charge on any atom is 0.329 e. The van der Waals surface area contributed by atoms with Gasteiger partial charge in [-0.2, -0.15) is 0 Å². The number of unbranched alkanes of at least 4 members (excludes halogenated alkanes) is 10. The molecule has 1 N–H and O–H groups in total. The van der Waals surface area contributed by atoms with Crippen LogP contribution in [0.2, 0.25) is 0 Å². The van der Waals surface area contributed by atoms with E-state index < -0.39 is 20.7 Å². The Bertz CT molecular complexity index is 690. The van der Waals surface area contributed by atoms with Crippen molar-refractivity contribution in [3.05, 3.63) is 29.8 Å². The van der Waals surface area contributed by atoms with Gasteiger partial charge in [0.15, 0.2) is 6.10 Å². The number of carbonyl (C=O) groups is 1. The van der Waals surface area contributed by atoms with Gasteiger partial charge in [-0.25, -0.2) is 0 Å². The van der Waals surface area contributed by atoms with Gasteiger partial charge < -0.3 is 28.3 Å². The Morgan fingerprint density at radius 1 is 0.919 bits per heavy atom. The molecule has 0 spiro atoms. The van der Waals surface area contributed by atoms with Gasteiger partial charge in [-0.15, -0.1) is 0 Å². The van der Waals surface area contributed by atoms with Gasteiger partial charge in [0.1, 0.15) is 12.4 Å². The van der Waals surface area contributed by atoms with Gasteiger partial charge in [0.05, 0.1) is 13.2 Å². The zero-order valence-electron chi connectivity index (χ0n) is 23.8. The fraction of sp³-hybridized carbons (Fsp3) is 0.759. The van der Waals surface area contributed by atoms with Gasteiger partial charge >= 0.3 is 14.6 Å². The van der Waals surface area contributed by atoms with Crippen molar-refractivity contribution < 1.29 is 28.2 Å². The first-order valence-corrected chi connectivity index (χ1v) is 15.3. The minimum Gasteiger partial charge on any atom is -0.490 e. The molecule has 0 aliphatic rings. The fourth-order valence-electron chi connectivity index (χ4n) is 4.03. The molecule has 0 heterocycles. The van der Waals surface area contributed by atoms with Crippen LogP contribution >= 0.6 is 8.60 Å². The Morgan fingerprint density at radius 3 is 2.19 bits per heavy atom. The molecule has 1 rings (SSSR count). The van der Waals surface area contributed by atoms with E-state index in [1.165, 1.54) is 83.1 Å². The molecular formula is C29H52NO6P. The Morgan fingerprint density at radius 2 is 1.57 bits per heavy atom. The van der Waals surface area contributed by atoms with Crippen LogP contribution in [0.4, 0.5) is 0 Å². The van der Waals surface area contributed by atoms with Crippen molar-refractivity contribution in [1.82, 2.24) is 4.90 Å². The molecule has 37 heavy (non-hydrogen) atoms. The summed E-state index contributed by atoms with van der Waals surface area (Å²) in [4.78, 5) is 23.5. The van der Waals surface area contributed by atoms with E-state index in [2.05, 4.69) is 19.1 Å². The first-order chi connectivity index (χ1) is 17.9. The predicted octanol–water partition coefficient (Wildman–Crippen LogP) is 7.05. The number of hydrogen-bond acceptors (Lipinski definition) is 7. The van der Waals surface area contributed by atoms with Crippen molar-refractivity contribution in [3.63, 3.8) is 0 Å². The predicted molar refractivity (Wildman–Crippen MR) is 152 cm³/mol. The summed E-state index contributed by atoms with van der Waals surface area (Å²) in [6.07, 6.45) is 15.9. The highest BCUT2D eigenvalue weighted by molar-refractivity contribution is 7.40. The molecule has 0 radical (unpaired) electrons. The third kappa shape index (κ3) is 20.4. The molecule has 0 fully saturated rings. The molecule has 1 aromatic rings. The summed E-state index contributed by atoms with van der Waals surface area (Å²) in [5.74, 6) is 0.320. The summed E-state index contributed by atoms with van der Waals surface area (Å²) >= 11 is 0. The monoisotopic (exact) mass is 541 g/mol. The van der Waals surface area contributed by atoms with Gasteiger partial charge in [-0.1, -0.05) is 83.3 Å². The number of carbonyl (C=O) groups excluding carboxylic acids is 1. The van der Waals surface area contributed by atoms with Crippen LogP contribution in [0.25, 0.3) is 0 Å². The maximum absolute atomic E-state index is 11.5. The van der Waals surface area contributed by atoms with E-state index in [1.807, 2.05) is 31.1 Å². The van der Waals surface area contributed by atoms with Crippen LogP contribution in [0, 0.1) is 0 Å². The van der Waals surface area contributed by atoms with Crippen molar-refractivity contribution >= 4 is 14.6 Å². The van der Waals surface area contributed by atoms with E-state index in [4.69, 9.17) is 18.5 Å². The number of nitrogens with zero attached hydrogens (tertiary/aromatic N) is 1. The number of rotatable bonds is 24. The molecule has 0 bridgehead atoms. The lowest BCUT2D eigenvalue weighted by molar-refractivity contribution is -0.149. The van der Waals surface area contributed by atoms with Crippen LogP contribution in [0.15, 0.2) is 24.3 Å². The molecule has 214 valence electrons. The molecule has 0 saturated heterocycles. The first-order valence-electron chi connectivity index (χ1n) is 14.2. The lowest BCUT2D eigenvalue weighted by Crippen LogP contribution is -2.28. The van der Waals surface area contributed by atoms with Crippen LogP contribution < -0.4 is 4.74 Å². The van der Waals surface area contributed by atoms with Crippen LogP contribution in [-0.4, -0.2) is 62.3 Å². The van der Waals surface area contributed by atoms with E-state index >= 15 is 0 Å². The second-order valence-electron chi connectivity index (χ2n) is 10.00. The van der Waals surface area contributed by atoms with Gasteiger partial charge in [0, 0.05) is 6.92 Å².